The molecule has 1 aliphatic carbocycles. The molecule has 2 N–H and O–H groups in total. The number of benzene rings is 1. The van der Waals surface area contributed by atoms with E-state index in [2.05, 4.69) is 28.0 Å². The third-order valence-corrected chi connectivity index (χ3v) is 7.82. The van der Waals surface area contributed by atoms with Gasteiger partial charge in [-0.3, -0.25) is 0 Å². The fourth-order valence-electron chi connectivity index (χ4n) is 4.98. The second kappa shape index (κ2) is 6.91. The molecule has 9 nitrogen and oxygen atoms in total. The standard InChI is InChI=1S/C21H26N6O3S/c1-14-8-18(15-4-6-17(30-3)7-5-15)27-19(14)20(23-13-24-27)26-11-21(12-26)9-16(10-21)25(2)31(22,28)29/h4-8,13,16H,9-12H2,1-3H3,(H2,22,28,29). The van der Waals surface area contributed by atoms with Crippen LogP contribution in [0.1, 0.15) is 18.4 Å². The van der Waals surface area contributed by atoms with Gasteiger partial charge in [0.2, 0.25) is 0 Å². The van der Waals surface area contributed by atoms with Crippen molar-refractivity contribution in [2.45, 2.75) is 25.8 Å². The molecule has 0 unspecified atom stereocenters. The number of aryl methyl sites for hydroxylation is 1. The topological polar surface area (TPSA) is 106 Å². The molecule has 1 aliphatic heterocycles. The molecule has 1 spiro atoms. The zero-order valence-corrected chi connectivity index (χ0v) is 18.6. The highest BCUT2D eigenvalue weighted by Crippen LogP contribution is 2.51. The molecule has 31 heavy (non-hydrogen) atoms. The summed E-state index contributed by atoms with van der Waals surface area (Å²) in [5, 5.41) is 9.78. The van der Waals surface area contributed by atoms with Crippen molar-refractivity contribution >= 4 is 21.5 Å². The zero-order valence-electron chi connectivity index (χ0n) is 17.8. The Bertz CT molecular complexity index is 1240. The summed E-state index contributed by atoms with van der Waals surface area (Å²) in [7, 11) is -0.425. The Morgan fingerprint density at radius 1 is 1.23 bits per heavy atom. The summed E-state index contributed by atoms with van der Waals surface area (Å²) in [6.45, 7) is 3.79. The number of hydrogen-bond acceptors (Lipinski definition) is 6. The molecule has 1 saturated heterocycles. The number of hydrogen-bond donors (Lipinski definition) is 1. The van der Waals surface area contributed by atoms with E-state index in [9.17, 15) is 8.42 Å². The second-order valence-corrected chi connectivity index (χ2v) is 10.4. The van der Waals surface area contributed by atoms with E-state index in [1.807, 2.05) is 28.8 Å². The van der Waals surface area contributed by atoms with Gasteiger partial charge in [0, 0.05) is 37.2 Å². The van der Waals surface area contributed by atoms with Crippen LogP contribution in [0.4, 0.5) is 5.82 Å². The fraction of sp³-hybridized carbons (Fsp3) is 0.429. The van der Waals surface area contributed by atoms with Crippen molar-refractivity contribution in [3.8, 4) is 17.0 Å². The van der Waals surface area contributed by atoms with Gasteiger partial charge in [-0.25, -0.2) is 14.6 Å². The van der Waals surface area contributed by atoms with Crippen LogP contribution in [0.3, 0.4) is 0 Å². The van der Waals surface area contributed by atoms with Gasteiger partial charge in [0.05, 0.1) is 12.8 Å². The Morgan fingerprint density at radius 2 is 1.90 bits per heavy atom. The Hall–Kier alpha value is -2.69. The van der Waals surface area contributed by atoms with Crippen molar-refractivity contribution in [3.63, 3.8) is 0 Å². The van der Waals surface area contributed by atoms with Crippen molar-refractivity contribution in [1.82, 2.24) is 18.9 Å². The Labute approximate surface area is 181 Å². The summed E-state index contributed by atoms with van der Waals surface area (Å²) in [5.74, 6) is 1.73. The van der Waals surface area contributed by atoms with Crippen LogP contribution in [-0.4, -0.2) is 60.6 Å². The number of methoxy groups -OCH3 is 1. The van der Waals surface area contributed by atoms with Gasteiger partial charge in [0.25, 0.3) is 10.2 Å². The fourth-order valence-corrected chi connectivity index (χ4v) is 5.55. The van der Waals surface area contributed by atoms with Gasteiger partial charge in [0.15, 0.2) is 5.82 Å². The molecular formula is C21H26N6O3S. The van der Waals surface area contributed by atoms with E-state index in [-0.39, 0.29) is 11.5 Å². The summed E-state index contributed by atoms with van der Waals surface area (Å²) < 4.78 is 31.7. The van der Waals surface area contributed by atoms with E-state index in [0.29, 0.717) is 0 Å². The number of fused-ring (bicyclic) bond motifs is 1. The van der Waals surface area contributed by atoms with E-state index < -0.39 is 10.2 Å². The lowest BCUT2D eigenvalue weighted by Crippen LogP contribution is -2.67. The monoisotopic (exact) mass is 442 g/mol. The van der Waals surface area contributed by atoms with Crippen LogP contribution in [0, 0.1) is 12.3 Å². The number of rotatable bonds is 5. The highest BCUT2D eigenvalue weighted by atomic mass is 32.2. The van der Waals surface area contributed by atoms with Crippen LogP contribution >= 0.6 is 0 Å². The summed E-state index contributed by atoms with van der Waals surface area (Å²) in [4.78, 5) is 6.85. The van der Waals surface area contributed by atoms with Gasteiger partial charge in [-0.05, 0) is 55.7 Å². The molecule has 2 aliphatic rings. The number of aromatic nitrogens is 3. The average molecular weight is 443 g/mol. The molecule has 10 heteroatoms. The molecular weight excluding hydrogens is 416 g/mol. The lowest BCUT2D eigenvalue weighted by atomic mass is 9.60. The van der Waals surface area contributed by atoms with Gasteiger partial charge in [-0.2, -0.15) is 17.8 Å². The molecule has 1 aromatic carbocycles. The first-order valence-electron chi connectivity index (χ1n) is 10.2. The molecule has 5 rings (SSSR count). The van der Waals surface area contributed by atoms with Gasteiger partial charge < -0.3 is 9.64 Å². The van der Waals surface area contributed by atoms with Crippen molar-refractivity contribution in [1.29, 1.82) is 0 Å². The Morgan fingerprint density at radius 3 is 2.52 bits per heavy atom. The molecule has 1 saturated carbocycles. The van der Waals surface area contributed by atoms with Crippen LogP contribution in [0.5, 0.6) is 5.75 Å². The summed E-state index contributed by atoms with van der Waals surface area (Å²) in [6, 6.07) is 10.0. The Kier molecular flexibility index (Phi) is 4.51. The largest absolute Gasteiger partial charge is 0.497 e. The third kappa shape index (κ3) is 3.26. The van der Waals surface area contributed by atoms with Crippen LogP contribution < -0.4 is 14.8 Å². The van der Waals surface area contributed by atoms with Crippen LogP contribution in [0.2, 0.25) is 0 Å². The van der Waals surface area contributed by atoms with E-state index >= 15 is 0 Å². The normalized spacial score (nSPS) is 18.4. The maximum atomic E-state index is 11.6. The van der Waals surface area contributed by atoms with Crippen molar-refractivity contribution in [3.05, 3.63) is 42.2 Å². The quantitative estimate of drug-likeness (QED) is 0.646. The molecule has 164 valence electrons. The molecule has 0 atom stereocenters. The highest BCUT2D eigenvalue weighted by molar-refractivity contribution is 7.86. The van der Waals surface area contributed by atoms with E-state index in [1.54, 1.807) is 20.5 Å². The van der Waals surface area contributed by atoms with Crippen molar-refractivity contribution in [2.24, 2.45) is 10.6 Å². The third-order valence-electron chi connectivity index (χ3n) is 6.72. The van der Waals surface area contributed by atoms with E-state index in [1.165, 1.54) is 4.31 Å². The Balaban J connectivity index is 1.38. The molecule has 2 aromatic heterocycles. The predicted molar refractivity (Wildman–Crippen MR) is 118 cm³/mol. The number of nitrogens with two attached hydrogens (primary N) is 1. The van der Waals surface area contributed by atoms with Crippen LogP contribution in [-0.2, 0) is 10.2 Å². The van der Waals surface area contributed by atoms with Gasteiger partial charge in [-0.15, -0.1) is 0 Å². The molecule has 0 bridgehead atoms. The highest BCUT2D eigenvalue weighted by Gasteiger charge is 2.55. The minimum Gasteiger partial charge on any atom is -0.497 e. The minimum absolute atomic E-state index is 0.0146. The maximum Gasteiger partial charge on any atom is 0.276 e. The van der Waals surface area contributed by atoms with Crippen LogP contribution in [0.25, 0.3) is 16.8 Å². The van der Waals surface area contributed by atoms with E-state index in [4.69, 9.17) is 9.88 Å². The molecule has 3 heterocycles. The predicted octanol–water partition coefficient (Wildman–Crippen LogP) is 1.82. The molecule has 3 aromatic rings. The number of ether oxygens (including phenoxy) is 1. The van der Waals surface area contributed by atoms with Crippen LogP contribution in [0.15, 0.2) is 36.7 Å². The first-order valence-corrected chi connectivity index (χ1v) is 11.7. The first kappa shape index (κ1) is 20.2. The van der Waals surface area contributed by atoms with Gasteiger partial charge in [0.1, 0.15) is 17.6 Å². The SMILES string of the molecule is COc1ccc(-c2cc(C)c3c(N4CC5(CC(N(C)S(N)(=O)=O)C5)C4)ncnn23)cc1. The molecule has 2 fully saturated rings. The summed E-state index contributed by atoms with van der Waals surface area (Å²) >= 11 is 0. The molecule has 0 radical (unpaired) electrons. The summed E-state index contributed by atoms with van der Waals surface area (Å²) in [5.41, 5.74) is 4.32. The van der Waals surface area contributed by atoms with Crippen molar-refractivity contribution < 1.29 is 13.2 Å². The lowest BCUT2D eigenvalue weighted by molar-refractivity contribution is 0.0207. The number of nitrogens with zero attached hydrogens (tertiary/aromatic N) is 5. The van der Waals surface area contributed by atoms with Gasteiger partial charge >= 0.3 is 0 Å². The smallest absolute Gasteiger partial charge is 0.276 e. The zero-order chi connectivity index (χ0) is 22.0. The van der Waals surface area contributed by atoms with E-state index in [0.717, 1.165) is 59.8 Å². The van der Waals surface area contributed by atoms with Gasteiger partial charge in [-0.1, -0.05) is 0 Å². The lowest BCUT2D eigenvalue weighted by Gasteiger charge is -2.60. The first-order chi connectivity index (χ1) is 14.7. The minimum atomic E-state index is -3.64. The maximum absolute atomic E-state index is 11.6. The summed E-state index contributed by atoms with van der Waals surface area (Å²) in [6.07, 6.45) is 3.25. The van der Waals surface area contributed by atoms with Crippen molar-refractivity contribution in [2.75, 3.05) is 32.1 Å². The molecule has 0 amide bonds. The average Bonchev–Trinajstić information content (AvgIpc) is 3.02. The second-order valence-electron chi connectivity index (χ2n) is 8.76. The number of anilines is 1.